The Morgan fingerprint density at radius 1 is 0.765 bits per heavy atom. The van der Waals surface area contributed by atoms with Crippen molar-refractivity contribution in [1.29, 1.82) is 0 Å². The van der Waals surface area contributed by atoms with Gasteiger partial charge in [-0.2, -0.15) is 0 Å². The zero-order chi connectivity index (χ0) is 12.8. The number of rotatable bonds is 13. The van der Waals surface area contributed by atoms with E-state index in [0.29, 0.717) is 0 Å². The zero-order valence-electron chi connectivity index (χ0n) is 11.0. The van der Waals surface area contributed by atoms with Crippen molar-refractivity contribution < 1.29 is 0 Å². The molecular formula is C12H29IN4. The SMILES string of the molecule is NCCCCN(CCCCN)CCCCNI. The highest BCUT2D eigenvalue weighted by molar-refractivity contribution is 14.1. The van der Waals surface area contributed by atoms with Crippen LogP contribution in [0, 0.1) is 0 Å². The second-order valence-electron chi connectivity index (χ2n) is 4.42. The number of halogens is 1. The van der Waals surface area contributed by atoms with E-state index in [1.807, 2.05) is 0 Å². The van der Waals surface area contributed by atoms with Crippen LogP contribution in [0.1, 0.15) is 38.5 Å². The highest BCUT2D eigenvalue weighted by atomic mass is 127. The summed E-state index contributed by atoms with van der Waals surface area (Å²) < 4.78 is 3.16. The van der Waals surface area contributed by atoms with E-state index < -0.39 is 0 Å². The molecule has 4 nitrogen and oxygen atoms in total. The Bertz CT molecular complexity index is 136. The maximum Gasteiger partial charge on any atom is 0.0169 e. The molecule has 0 aromatic heterocycles. The molecule has 17 heavy (non-hydrogen) atoms. The minimum atomic E-state index is 0.815. The van der Waals surface area contributed by atoms with Gasteiger partial charge in [0.2, 0.25) is 0 Å². The van der Waals surface area contributed by atoms with Crippen LogP contribution in [0.15, 0.2) is 0 Å². The fourth-order valence-electron chi connectivity index (χ4n) is 1.82. The van der Waals surface area contributed by atoms with E-state index in [1.165, 1.54) is 45.3 Å². The van der Waals surface area contributed by atoms with Gasteiger partial charge in [0.25, 0.3) is 0 Å². The van der Waals surface area contributed by atoms with E-state index in [9.17, 15) is 0 Å². The lowest BCUT2D eigenvalue weighted by Gasteiger charge is -2.22. The molecule has 0 bridgehead atoms. The molecule has 0 amide bonds. The molecule has 0 radical (unpaired) electrons. The van der Waals surface area contributed by atoms with Gasteiger partial charge in [-0.25, -0.2) is 0 Å². The molecule has 0 fully saturated rings. The molecule has 0 spiro atoms. The number of nitrogens with one attached hydrogen (secondary N) is 1. The highest BCUT2D eigenvalue weighted by Gasteiger charge is 2.03. The Balaban J connectivity index is 3.60. The Kier molecular flexibility index (Phi) is 15.1. The van der Waals surface area contributed by atoms with Crippen LogP contribution in [-0.4, -0.2) is 44.2 Å². The predicted octanol–water partition coefficient (Wildman–Crippen LogP) is 1.49. The first-order chi connectivity index (χ1) is 8.35. The number of nitrogens with two attached hydrogens (primary N) is 2. The van der Waals surface area contributed by atoms with Crippen LogP contribution in [0.3, 0.4) is 0 Å². The molecule has 0 saturated carbocycles. The van der Waals surface area contributed by atoms with Crippen LogP contribution in [0.5, 0.6) is 0 Å². The minimum Gasteiger partial charge on any atom is -0.330 e. The van der Waals surface area contributed by atoms with Gasteiger partial charge >= 0.3 is 0 Å². The van der Waals surface area contributed by atoms with Gasteiger partial charge in [-0.3, -0.25) is 3.53 Å². The molecule has 0 aromatic carbocycles. The molecule has 0 atom stereocenters. The maximum absolute atomic E-state index is 5.53. The average molecular weight is 356 g/mol. The highest BCUT2D eigenvalue weighted by Crippen LogP contribution is 2.01. The van der Waals surface area contributed by atoms with Crippen LogP contribution in [0.2, 0.25) is 0 Å². The molecular weight excluding hydrogens is 327 g/mol. The van der Waals surface area contributed by atoms with Gasteiger partial charge < -0.3 is 16.4 Å². The lowest BCUT2D eigenvalue weighted by molar-refractivity contribution is 0.259. The molecule has 0 aromatic rings. The molecule has 0 aliphatic rings. The molecule has 0 unspecified atom stereocenters. The third-order valence-electron chi connectivity index (χ3n) is 2.85. The fourth-order valence-corrected chi connectivity index (χ4v) is 2.20. The summed E-state index contributed by atoms with van der Waals surface area (Å²) in [5.41, 5.74) is 11.1. The molecule has 0 saturated heterocycles. The maximum atomic E-state index is 5.53. The third-order valence-corrected chi connectivity index (χ3v) is 3.39. The first kappa shape index (κ1) is 17.6. The predicted molar refractivity (Wildman–Crippen MR) is 84.3 cm³/mol. The Hall–Kier alpha value is 0.570. The normalized spacial score (nSPS) is 11.3. The molecule has 0 aliphatic heterocycles. The number of nitrogens with zero attached hydrogens (tertiary/aromatic N) is 1. The average Bonchev–Trinajstić information content (AvgIpc) is 2.34. The van der Waals surface area contributed by atoms with E-state index in [2.05, 4.69) is 31.3 Å². The summed E-state index contributed by atoms with van der Waals surface area (Å²) in [6.45, 7) is 6.34. The van der Waals surface area contributed by atoms with Crippen LogP contribution in [-0.2, 0) is 0 Å². The Morgan fingerprint density at radius 3 is 1.65 bits per heavy atom. The second-order valence-corrected chi connectivity index (χ2v) is 5.19. The van der Waals surface area contributed by atoms with Crippen molar-refractivity contribution in [2.75, 3.05) is 39.3 Å². The molecule has 5 N–H and O–H groups in total. The largest absolute Gasteiger partial charge is 0.330 e. The van der Waals surface area contributed by atoms with Crippen molar-refractivity contribution in [3.8, 4) is 0 Å². The van der Waals surface area contributed by atoms with E-state index in [-0.39, 0.29) is 0 Å². The van der Waals surface area contributed by atoms with Crippen LogP contribution in [0.25, 0.3) is 0 Å². The quantitative estimate of drug-likeness (QED) is 0.266. The first-order valence-corrected chi connectivity index (χ1v) is 7.89. The van der Waals surface area contributed by atoms with E-state index >= 15 is 0 Å². The van der Waals surface area contributed by atoms with Crippen molar-refractivity contribution in [2.45, 2.75) is 38.5 Å². The van der Waals surface area contributed by atoms with E-state index in [4.69, 9.17) is 11.5 Å². The van der Waals surface area contributed by atoms with Gasteiger partial charge in [-0.15, -0.1) is 0 Å². The van der Waals surface area contributed by atoms with Gasteiger partial charge in [-0.05, 0) is 71.2 Å². The summed E-state index contributed by atoms with van der Waals surface area (Å²) in [6, 6.07) is 0. The third kappa shape index (κ3) is 12.8. The summed E-state index contributed by atoms with van der Waals surface area (Å²) in [5, 5.41) is 0. The molecule has 0 aliphatic carbocycles. The number of hydrogen-bond acceptors (Lipinski definition) is 4. The summed E-state index contributed by atoms with van der Waals surface area (Å²) in [4.78, 5) is 2.57. The van der Waals surface area contributed by atoms with Crippen LogP contribution < -0.4 is 15.0 Å². The van der Waals surface area contributed by atoms with Crippen molar-refractivity contribution >= 4 is 22.9 Å². The van der Waals surface area contributed by atoms with Gasteiger partial charge in [0, 0.05) is 29.4 Å². The Morgan fingerprint density at radius 2 is 1.24 bits per heavy atom. The van der Waals surface area contributed by atoms with Gasteiger partial charge in [0.15, 0.2) is 0 Å². The van der Waals surface area contributed by atoms with Crippen molar-refractivity contribution in [3.05, 3.63) is 0 Å². The lowest BCUT2D eigenvalue weighted by atomic mass is 10.2. The molecule has 0 rings (SSSR count). The number of hydrogen-bond donors (Lipinski definition) is 3. The van der Waals surface area contributed by atoms with Gasteiger partial charge in [0.05, 0.1) is 0 Å². The second kappa shape index (κ2) is 14.6. The molecule has 5 heteroatoms. The van der Waals surface area contributed by atoms with Crippen molar-refractivity contribution in [1.82, 2.24) is 8.43 Å². The van der Waals surface area contributed by atoms with Crippen LogP contribution in [0.4, 0.5) is 0 Å². The van der Waals surface area contributed by atoms with Crippen LogP contribution >= 0.6 is 22.9 Å². The van der Waals surface area contributed by atoms with E-state index in [1.54, 1.807) is 0 Å². The first-order valence-electron chi connectivity index (χ1n) is 6.81. The van der Waals surface area contributed by atoms with Crippen molar-refractivity contribution in [2.24, 2.45) is 11.5 Å². The molecule has 0 heterocycles. The topological polar surface area (TPSA) is 67.3 Å². The molecule has 104 valence electrons. The smallest absolute Gasteiger partial charge is 0.0169 e. The van der Waals surface area contributed by atoms with E-state index in [0.717, 1.165) is 32.5 Å². The summed E-state index contributed by atoms with van der Waals surface area (Å²) in [6.07, 6.45) is 7.27. The summed E-state index contributed by atoms with van der Waals surface area (Å²) in [5.74, 6) is 0. The van der Waals surface area contributed by atoms with Gasteiger partial charge in [0.1, 0.15) is 0 Å². The van der Waals surface area contributed by atoms with Gasteiger partial charge in [-0.1, -0.05) is 0 Å². The minimum absolute atomic E-state index is 0.815. The Labute approximate surface area is 120 Å². The lowest BCUT2D eigenvalue weighted by Crippen LogP contribution is -2.28. The summed E-state index contributed by atoms with van der Waals surface area (Å²) >= 11 is 2.21. The zero-order valence-corrected chi connectivity index (χ0v) is 13.1. The standard InChI is InChI=1S/C12H29IN4/c13-16-9-3-6-12-17(10-4-1-7-14)11-5-2-8-15/h16H,1-12,14-15H2. The monoisotopic (exact) mass is 356 g/mol. The summed E-state index contributed by atoms with van der Waals surface area (Å²) in [7, 11) is 0. The van der Waals surface area contributed by atoms with Crippen molar-refractivity contribution in [3.63, 3.8) is 0 Å². The fraction of sp³-hybridized carbons (Fsp3) is 1.00. The number of unbranched alkanes of at least 4 members (excludes halogenated alkanes) is 3.